The Labute approximate surface area is 120 Å². The van der Waals surface area contributed by atoms with Crippen molar-refractivity contribution in [3.8, 4) is 27.9 Å². The first-order valence-electron chi connectivity index (χ1n) is 6.01. The number of aromatic nitrogens is 2. The first kappa shape index (κ1) is 12.3. The summed E-state index contributed by atoms with van der Waals surface area (Å²) in [5.41, 5.74) is 8.77. The summed E-state index contributed by atoms with van der Waals surface area (Å²) in [6.45, 7) is 0. The lowest BCUT2D eigenvalue weighted by Crippen LogP contribution is -2.07. The minimum atomic E-state index is 0.255. The Hall–Kier alpha value is -2.71. The van der Waals surface area contributed by atoms with Crippen LogP contribution in [0.1, 0.15) is 5.56 Å². The van der Waals surface area contributed by atoms with E-state index >= 15 is 0 Å². The van der Waals surface area contributed by atoms with Gasteiger partial charge in [0.15, 0.2) is 6.20 Å². The first-order chi connectivity index (χ1) is 9.79. The number of hydrogen-bond donors (Lipinski definition) is 1. The number of nitrogens with two attached hydrogens (primary N) is 1. The van der Waals surface area contributed by atoms with Gasteiger partial charge in [0.1, 0.15) is 23.1 Å². The Bertz CT molecular complexity index is 774. The van der Waals surface area contributed by atoms with E-state index in [4.69, 9.17) is 5.73 Å². The van der Waals surface area contributed by atoms with Crippen LogP contribution in [0.15, 0.2) is 48.0 Å². The number of thiophene rings is 1. The maximum Gasteiger partial charge on any atom is 0.229 e. The zero-order chi connectivity index (χ0) is 13.9. The predicted octanol–water partition coefficient (Wildman–Crippen LogP) is 2.75. The molecule has 0 spiro atoms. The van der Waals surface area contributed by atoms with Crippen LogP contribution in [0.25, 0.3) is 21.8 Å². The van der Waals surface area contributed by atoms with Gasteiger partial charge in [-0.05, 0) is 23.6 Å². The summed E-state index contributed by atoms with van der Waals surface area (Å²) in [6.07, 6.45) is 1.83. The van der Waals surface area contributed by atoms with Gasteiger partial charge < -0.3 is 5.73 Å². The standard InChI is InChI=1S/C15H10N4S/c16-9-11-10(14-5-3-7-20-14)8-13(19-15(11)17)12-4-1-2-6-18-12/h1-8H,(H2,17,19)/p+1. The van der Waals surface area contributed by atoms with Crippen LogP contribution in [-0.4, -0.2) is 4.98 Å². The van der Waals surface area contributed by atoms with Crippen molar-refractivity contribution in [2.75, 3.05) is 5.73 Å². The first-order valence-corrected chi connectivity index (χ1v) is 6.89. The SMILES string of the molecule is N#Cc1c(-c2cccs2)cc(-c2cccc[nH+]2)nc1N. The fourth-order valence-corrected chi connectivity index (χ4v) is 2.75. The average molecular weight is 279 g/mol. The fourth-order valence-electron chi connectivity index (χ4n) is 2.00. The van der Waals surface area contributed by atoms with Gasteiger partial charge in [-0.15, -0.1) is 11.3 Å². The van der Waals surface area contributed by atoms with E-state index in [0.29, 0.717) is 5.56 Å². The molecular weight excluding hydrogens is 268 g/mol. The molecule has 20 heavy (non-hydrogen) atoms. The molecule has 0 aliphatic rings. The van der Waals surface area contributed by atoms with Gasteiger partial charge >= 0.3 is 0 Å². The highest BCUT2D eigenvalue weighted by molar-refractivity contribution is 7.13. The molecule has 0 aliphatic carbocycles. The molecule has 3 rings (SSSR count). The van der Waals surface area contributed by atoms with Crippen molar-refractivity contribution in [3.63, 3.8) is 0 Å². The van der Waals surface area contributed by atoms with Crippen molar-refractivity contribution < 1.29 is 4.98 Å². The van der Waals surface area contributed by atoms with Gasteiger partial charge in [-0.3, -0.25) is 0 Å². The predicted molar refractivity (Wildman–Crippen MR) is 78.7 cm³/mol. The number of hydrogen-bond acceptors (Lipinski definition) is 4. The van der Waals surface area contributed by atoms with Crippen LogP contribution in [0, 0.1) is 11.3 Å². The number of nitrogens with zero attached hydrogens (tertiary/aromatic N) is 2. The van der Waals surface area contributed by atoms with Gasteiger partial charge in [0.05, 0.1) is 0 Å². The van der Waals surface area contributed by atoms with Crippen LogP contribution in [0.5, 0.6) is 0 Å². The molecule has 96 valence electrons. The molecule has 0 saturated heterocycles. The molecule has 0 atom stereocenters. The second-order valence-corrected chi connectivity index (χ2v) is 5.13. The van der Waals surface area contributed by atoms with E-state index in [0.717, 1.165) is 21.8 Å². The highest BCUT2D eigenvalue weighted by Gasteiger charge is 2.16. The van der Waals surface area contributed by atoms with Crippen LogP contribution in [0.3, 0.4) is 0 Å². The van der Waals surface area contributed by atoms with Crippen molar-refractivity contribution in [2.24, 2.45) is 0 Å². The average Bonchev–Trinajstić information content (AvgIpc) is 3.01. The third-order valence-electron chi connectivity index (χ3n) is 2.93. The van der Waals surface area contributed by atoms with Crippen molar-refractivity contribution in [3.05, 3.63) is 53.5 Å². The number of H-pyrrole nitrogens is 1. The van der Waals surface area contributed by atoms with E-state index in [1.165, 1.54) is 0 Å². The van der Waals surface area contributed by atoms with Crippen molar-refractivity contribution in [1.29, 1.82) is 5.26 Å². The molecule has 0 aliphatic heterocycles. The normalized spacial score (nSPS) is 10.2. The third kappa shape index (κ3) is 2.13. The minimum absolute atomic E-state index is 0.255. The summed E-state index contributed by atoms with van der Waals surface area (Å²) in [5.74, 6) is 0.255. The molecule has 3 aromatic rings. The van der Waals surface area contributed by atoms with Crippen LogP contribution in [0.2, 0.25) is 0 Å². The summed E-state index contributed by atoms with van der Waals surface area (Å²) in [7, 11) is 0. The molecule has 0 aromatic carbocycles. The molecule has 5 heteroatoms. The van der Waals surface area contributed by atoms with Crippen LogP contribution in [0.4, 0.5) is 5.82 Å². The van der Waals surface area contributed by atoms with Crippen molar-refractivity contribution >= 4 is 17.2 Å². The molecule has 0 radical (unpaired) electrons. The molecule has 0 bridgehead atoms. The Morgan fingerprint density at radius 2 is 2.15 bits per heavy atom. The number of rotatable bonds is 2. The molecule has 3 heterocycles. The lowest BCUT2D eigenvalue weighted by atomic mass is 10.1. The van der Waals surface area contributed by atoms with Crippen LogP contribution >= 0.6 is 11.3 Å². The van der Waals surface area contributed by atoms with Gasteiger partial charge in [-0.2, -0.15) is 5.26 Å². The molecule has 0 saturated carbocycles. The Balaban J connectivity index is 2.24. The maximum absolute atomic E-state index is 9.29. The second kappa shape index (κ2) is 5.11. The molecule has 0 unspecified atom stereocenters. The fraction of sp³-hybridized carbons (Fsp3) is 0. The van der Waals surface area contributed by atoms with Crippen LogP contribution < -0.4 is 10.7 Å². The van der Waals surface area contributed by atoms with E-state index in [1.54, 1.807) is 11.3 Å². The summed E-state index contributed by atoms with van der Waals surface area (Å²) < 4.78 is 0. The number of nitriles is 1. The number of pyridine rings is 2. The monoisotopic (exact) mass is 279 g/mol. The summed E-state index contributed by atoms with van der Waals surface area (Å²) in [4.78, 5) is 8.44. The van der Waals surface area contributed by atoms with Gasteiger partial charge in [0.2, 0.25) is 5.69 Å². The summed E-state index contributed by atoms with van der Waals surface area (Å²) in [6, 6.07) is 13.7. The van der Waals surface area contributed by atoms with E-state index in [-0.39, 0.29) is 5.82 Å². The smallest absolute Gasteiger partial charge is 0.229 e. The summed E-state index contributed by atoms with van der Waals surface area (Å²) in [5, 5.41) is 11.3. The number of nitrogens with one attached hydrogen (secondary N) is 1. The van der Waals surface area contributed by atoms with Gasteiger partial charge in [0, 0.05) is 22.6 Å². The molecule has 4 nitrogen and oxygen atoms in total. The van der Waals surface area contributed by atoms with E-state index < -0.39 is 0 Å². The molecule has 0 amide bonds. The minimum Gasteiger partial charge on any atom is -0.383 e. The highest BCUT2D eigenvalue weighted by atomic mass is 32.1. The van der Waals surface area contributed by atoms with E-state index in [2.05, 4.69) is 16.0 Å². The Kier molecular flexibility index (Phi) is 3.15. The molecule has 3 N–H and O–H groups in total. The Morgan fingerprint density at radius 3 is 2.80 bits per heavy atom. The summed E-state index contributed by atoms with van der Waals surface area (Å²) >= 11 is 1.57. The molecule has 0 fully saturated rings. The highest BCUT2D eigenvalue weighted by Crippen LogP contribution is 2.32. The number of nitrogen functional groups attached to an aromatic ring is 1. The van der Waals surface area contributed by atoms with Crippen molar-refractivity contribution in [2.45, 2.75) is 0 Å². The molecular formula is C15H11N4S+. The zero-order valence-electron chi connectivity index (χ0n) is 10.5. The van der Waals surface area contributed by atoms with Crippen LogP contribution in [-0.2, 0) is 0 Å². The lowest BCUT2D eigenvalue weighted by molar-refractivity contribution is -0.364. The van der Waals surface area contributed by atoms with Crippen molar-refractivity contribution in [1.82, 2.24) is 4.98 Å². The zero-order valence-corrected chi connectivity index (χ0v) is 11.3. The Morgan fingerprint density at radius 1 is 1.25 bits per heavy atom. The number of aromatic amines is 1. The lowest BCUT2D eigenvalue weighted by Gasteiger charge is -2.06. The quantitative estimate of drug-likeness (QED) is 0.783. The van der Waals surface area contributed by atoms with E-state index in [1.807, 2.05) is 48.0 Å². The largest absolute Gasteiger partial charge is 0.383 e. The second-order valence-electron chi connectivity index (χ2n) is 4.18. The van der Waals surface area contributed by atoms with Gasteiger partial charge in [-0.1, -0.05) is 6.07 Å². The van der Waals surface area contributed by atoms with Gasteiger partial charge in [-0.25, -0.2) is 9.97 Å². The number of anilines is 1. The third-order valence-corrected chi connectivity index (χ3v) is 3.83. The van der Waals surface area contributed by atoms with E-state index in [9.17, 15) is 5.26 Å². The van der Waals surface area contributed by atoms with Gasteiger partial charge in [0.25, 0.3) is 0 Å². The topological polar surface area (TPSA) is 76.8 Å². The molecule has 3 aromatic heterocycles. The maximum atomic E-state index is 9.29.